The Morgan fingerprint density at radius 3 is 2.50 bits per heavy atom. The van der Waals surface area contributed by atoms with Crippen LogP contribution in [0.4, 0.5) is 5.69 Å². The first-order chi connectivity index (χ1) is 10.5. The molecule has 0 spiro atoms. The van der Waals surface area contributed by atoms with Crippen LogP contribution in [-0.4, -0.2) is 16.1 Å². The molecule has 0 saturated heterocycles. The first-order valence-electron chi connectivity index (χ1n) is 6.68. The summed E-state index contributed by atoms with van der Waals surface area (Å²) in [5.74, 6) is -0.0172. The van der Waals surface area contributed by atoms with E-state index in [0.29, 0.717) is 23.6 Å². The lowest BCUT2D eigenvalue weighted by atomic mass is 10.1. The number of carbonyl (C=O) groups excluding carboxylic acids is 1. The van der Waals surface area contributed by atoms with Crippen molar-refractivity contribution in [2.75, 3.05) is 5.32 Å². The summed E-state index contributed by atoms with van der Waals surface area (Å²) in [6.45, 7) is 0. The topological polar surface area (TPSA) is 61.4 Å². The van der Waals surface area contributed by atoms with Crippen molar-refractivity contribution < 1.29 is 9.90 Å². The molecule has 0 saturated carbocycles. The lowest BCUT2D eigenvalue weighted by Crippen LogP contribution is -2.34. The van der Waals surface area contributed by atoms with Gasteiger partial charge >= 0.3 is 0 Å². The Labute approximate surface area is 139 Å². The number of halogens is 1. The fourth-order valence-electron chi connectivity index (χ4n) is 1.85. The van der Waals surface area contributed by atoms with Crippen molar-refractivity contribution in [3.63, 3.8) is 0 Å². The number of hydrogen-bond acceptors (Lipinski definition) is 3. The third kappa shape index (κ3) is 5.02. The Bertz CT molecular complexity index is 674. The van der Waals surface area contributed by atoms with Crippen molar-refractivity contribution in [1.82, 2.24) is 5.32 Å². The summed E-state index contributed by atoms with van der Waals surface area (Å²) in [5.41, 5.74) is 1.62. The van der Waals surface area contributed by atoms with E-state index < -0.39 is 0 Å². The first kappa shape index (κ1) is 16.3. The van der Waals surface area contributed by atoms with Crippen molar-refractivity contribution in [3.05, 3.63) is 59.1 Å². The predicted octanol–water partition coefficient (Wildman–Crippen LogP) is 3.49. The Morgan fingerprint density at radius 2 is 1.82 bits per heavy atom. The van der Waals surface area contributed by atoms with Gasteiger partial charge in [0.1, 0.15) is 5.75 Å². The molecule has 0 bridgehead atoms. The van der Waals surface area contributed by atoms with Crippen LogP contribution >= 0.6 is 23.8 Å². The number of phenolic OH excluding ortho intramolecular Hbond substituents is 1. The van der Waals surface area contributed by atoms with Gasteiger partial charge in [-0.1, -0.05) is 29.8 Å². The standard InChI is InChI=1S/C16H15ClN2O2S/c17-14-4-2-1-3-11(14)5-10-15(21)19-16(22)18-12-6-8-13(20)9-7-12/h1-4,6-9,20H,5,10H2,(H2,18,19,21,22). The SMILES string of the molecule is O=C(CCc1ccccc1Cl)NC(=S)Nc1ccc(O)cc1. The van der Waals surface area contributed by atoms with Crippen LogP contribution in [0, 0.1) is 0 Å². The van der Waals surface area contributed by atoms with E-state index in [-0.39, 0.29) is 16.8 Å². The van der Waals surface area contributed by atoms with Crippen molar-refractivity contribution in [1.29, 1.82) is 0 Å². The highest BCUT2D eigenvalue weighted by atomic mass is 35.5. The van der Waals surface area contributed by atoms with Gasteiger partial charge in [0.15, 0.2) is 5.11 Å². The van der Waals surface area contributed by atoms with Crippen LogP contribution in [0.5, 0.6) is 5.75 Å². The van der Waals surface area contributed by atoms with Crippen LogP contribution in [0.15, 0.2) is 48.5 Å². The van der Waals surface area contributed by atoms with Crippen molar-refractivity contribution in [2.24, 2.45) is 0 Å². The Kier molecular flexibility index (Phi) is 5.75. The molecule has 2 aromatic carbocycles. The molecule has 0 aliphatic carbocycles. The molecular formula is C16H15ClN2O2S. The lowest BCUT2D eigenvalue weighted by molar-refractivity contribution is -0.119. The second-order valence-electron chi connectivity index (χ2n) is 4.64. The highest BCUT2D eigenvalue weighted by Gasteiger charge is 2.07. The number of hydrogen-bond donors (Lipinski definition) is 3. The summed E-state index contributed by atoms with van der Waals surface area (Å²) in [5, 5.41) is 15.5. The molecule has 0 unspecified atom stereocenters. The summed E-state index contributed by atoms with van der Waals surface area (Å²) in [4.78, 5) is 11.9. The molecule has 6 heteroatoms. The van der Waals surface area contributed by atoms with Gasteiger partial charge in [-0.2, -0.15) is 0 Å². The highest BCUT2D eigenvalue weighted by molar-refractivity contribution is 7.80. The quantitative estimate of drug-likeness (QED) is 0.591. The minimum atomic E-state index is -0.184. The van der Waals surface area contributed by atoms with Gasteiger partial charge in [0.2, 0.25) is 5.91 Å². The summed E-state index contributed by atoms with van der Waals surface area (Å²) < 4.78 is 0. The number of rotatable bonds is 4. The number of nitrogens with one attached hydrogen (secondary N) is 2. The summed E-state index contributed by atoms with van der Waals surface area (Å²) >= 11 is 11.1. The fraction of sp³-hybridized carbons (Fsp3) is 0.125. The summed E-state index contributed by atoms with van der Waals surface area (Å²) in [7, 11) is 0. The third-order valence-electron chi connectivity index (χ3n) is 2.96. The van der Waals surface area contributed by atoms with Gasteiger partial charge in [-0.05, 0) is 54.5 Å². The van der Waals surface area contributed by atoms with Gasteiger partial charge in [-0.25, -0.2) is 0 Å². The van der Waals surface area contributed by atoms with Gasteiger partial charge in [0.25, 0.3) is 0 Å². The molecule has 22 heavy (non-hydrogen) atoms. The molecule has 0 atom stereocenters. The second-order valence-corrected chi connectivity index (χ2v) is 5.46. The largest absolute Gasteiger partial charge is 0.508 e. The molecule has 0 aliphatic heterocycles. The number of benzene rings is 2. The molecule has 0 fully saturated rings. The van der Waals surface area contributed by atoms with E-state index in [1.165, 1.54) is 12.1 Å². The molecule has 1 amide bonds. The van der Waals surface area contributed by atoms with E-state index in [2.05, 4.69) is 10.6 Å². The zero-order chi connectivity index (χ0) is 15.9. The zero-order valence-corrected chi connectivity index (χ0v) is 13.2. The van der Waals surface area contributed by atoms with Crippen molar-refractivity contribution in [3.8, 4) is 5.75 Å². The number of aromatic hydroxyl groups is 1. The van der Waals surface area contributed by atoms with Crippen LogP contribution in [0.3, 0.4) is 0 Å². The molecule has 0 radical (unpaired) electrons. The maximum absolute atomic E-state index is 11.9. The Balaban J connectivity index is 1.80. The minimum Gasteiger partial charge on any atom is -0.508 e. The number of carbonyl (C=O) groups is 1. The summed E-state index contributed by atoms with van der Waals surface area (Å²) in [6, 6.07) is 13.8. The van der Waals surface area contributed by atoms with E-state index >= 15 is 0 Å². The molecule has 0 heterocycles. The van der Waals surface area contributed by atoms with Crippen LogP contribution < -0.4 is 10.6 Å². The number of thiocarbonyl (C=S) groups is 1. The molecule has 0 aliphatic rings. The minimum absolute atomic E-state index is 0.167. The van der Waals surface area contributed by atoms with Crippen LogP contribution in [-0.2, 0) is 11.2 Å². The lowest BCUT2D eigenvalue weighted by Gasteiger charge is -2.10. The molecule has 2 aromatic rings. The van der Waals surface area contributed by atoms with Gasteiger partial charge in [0, 0.05) is 17.1 Å². The molecule has 0 aromatic heterocycles. The van der Waals surface area contributed by atoms with E-state index in [9.17, 15) is 9.90 Å². The first-order valence-corrected chi connectivity index (χ1v) is 7.46. The van der Waals surface area contributed by atoms with Crippen LogP contribution in [0.25, 0.3) is 0 Å². The average molecular weight is 335 g/mol. The Morgan fingerprint density at radius 1 is 1.14 bits per heavy atom. The number of amides is 1. The maximum Gasteiger partial charge on any atom is 0.226 e. The smallest absolute Gasteiger partial charge is 0.226 e. The predicted molar refractivity (Wildman–Crippen MR) is 92.2 cm³/mol. The third-order valence-corrected chi connectivity index (χ3v) is 3.53. The van der Waals surface area contributed by atoms with E-state index in [1.54, 1.807) is 18.2 Å². The molecular weight excluding hydrogens is 320 g/mol. The maximum atomic E-state index is 11.9. The molecule has 4 nitrogen and oxygen atoms in total. The number of anilines is 1. The van der Waals surface area contributed by atoms with E-state index in [4.69, 9.17) is 23.8 Å². The van der Waals surface area contributed by atoms with E-state index in [1.807, 2.05) is 18.2 Å². The molecule has 3 N–H and O–H groups in total. The second kappa shape index (κ2) is 7.77. The van der Waals surface area contributed by atoms with Crippen molar-refractivity contribution in [2.45, 2.75) is 12.8 Å². The highest BCUT2D eigenvalue weighted by Crippen LogP contribution is 2.16. The monoisotopic (exact) mass is 334 g/mol. The average Bonchev–Trinajstić information content (AvgIpc) is 2.49. The Hall–Kier alpha value is -2.11. The number of aryl methyl sites for hydroxylation is 1. The van der Waals surface area contributed by atoms with Gasteiger partial charge in [-0.3, -0.25) is 4.79 Å². The normalized spacial score (nSPS) is 10.0. The zero-order valence-electron chi connectivity index (χ0n) is 11.7. The number of phenols is 1. The summed E-state index contributed by atoms with van der Waals surface area (Å²) in [6.07, 6.45) is 0.842. The van der Waals surface area contributed by atoms with Gasteiger partial charge < -0.3 is 15.7 Å². The molecule has 114 valence electrons. The van der Waals surface area contributed by atoms with Gasteiger partial charge in [-0.15, -0.1) is 0 Å². The van der Waals surface area contributed by atoms with Gasteiger partial charge in [0.05, 0.1) is 0 Å². The fourth-order valence-corrected chi connectivity index (χ4v) is 2.31. The van der Waals surface area contributed by atoms with Crippen molar-refractivity contribution >= 4 is 40.5 Å². The van der Waals surface area contributed by atoms with E-state index in [0.717, 1.165) is 5.56 Å². The van der Waals surface area contributed by atoms with Crippen LogP contribution in [0.2, 0.25) is 5.02 Å². The molecule has 2 rings (SSSR count). The van der Waals surface area contributed by atoms with Crippen LogP contribution in [0.1, 0.15) is 12.0 Å².